The van der Waals surface area contributed by atoms with Crippen LogP contribution in [0.2, 0.25) is 0 Å². The third-order valence-corrected chi connectivity index (χ3v) is 10.3. The predicted molar refractivity (Wildman–Crippen MR) is 203 cm³/mol. The first kappa shape index (κ1) is 39.3. The molecule has 0 spiro atoms. The molecule has 0 fully saturated rings. The number of ketones is 1. The quantitative estimate of drug-likeness (QED) is 0.0672. The number of allylic oxidation sites excluding steroid dienone is 2. The second kappa shape index (κ2) is 16.0. The maximum absolute atomic E-state index is 12.2. The number of hydrogen-bond donors (Lipinski definition) is 2. The topological polar surface area (TPSA) is 63.3 Å². The molecule has 0 saturated heterocycles. The summed E-state index contributed by atoms with van der Waals surface area (Å²) in [5.41, 5.74) is 5.32. The normalized spacial score (nSPS) is 12.8. The van der Waals surface area contributed by atoms with Crippen molar-refractivity contribution in [3.05, 3.63) is 95.2 Å². The van der Waals surface area contributed by atoms with Gasteiger partial charge in [0, 0.05) is 59.7 Å². The van der Waals surface area contributed by atoms with E-state index in [0.717, 1.165) is 69.8 Å². The summed E-state index contributed by atoms with van der Waals surface area (Å²) in [5, 5.41) is 16.3. The summed E-state index contributed by atoms with van der Waals surface area (Å²) in [4.78, 5) is 17.0. The molecule has 1 radical (unpaired) electrons. The number of carbonyl (C=O) groups excluding carboxylic acids is 1. The van der Waals surface area contributed by atoms with Crippen LogP contribution >= 0.6 is 12.6 Å². The summed E-state index contributed by atoms with van der Waals surface area (Å²) < 4.78 is 6.17. The van der Waals surface area contributed by atoms with Crippen LogP contribution in [0.1, 0.15) is 99.1 Å². The summed E-state index contributed by atoms with van der Waals surface area (Å²) in [5.74, 6) is 0.286. The van der Waals surface area contributed by atoms with Crippen molar-refractivity contribution in [2.45, 2.75) is 93.4 Å². The summed E-state index contributed by atoms with van der Waals surface area (Å²) in [6.07, 6.45) is 8.51. The van der Waals surface area contributed by atoms with Crippen LogP contribution in [0.15, 0.2) is 82.5 Å². The van der Waals surface area contributed by atoms with Gasteiger partial charge in [0.15, 0.2) is 5.78 Å². The van der Waals surface area contributed by atoms with E-state index < -0.39 is 0 Å². The van der Waals surface area contributed by atoms with Crippen LogP contribution in [0.25, 0.3) is 50.0 Å². The first-order chi connectivity index (χ1) is 22.2. The molecule has 0 aliphatic heterocycles. The number of rotatable bonds is 9. The van der Waals surface area contributed by atoms with Crippen LogP contribution in [0.5, 0.6) is 0 Å². The number of thiol groups is 1. The molecule has 2 heterocycles. The zero-order chi connectivity index (χ0) is 34.6. The van der Waals surface area contributed by atoms with Gasteiger partial charge < -0.3 is 9.52 Å². The minimum atomic E-state index is -0.337. The average Bonchev–Trinajstić information content (AvgIpc) is 3.45. The number of aromatic nitrogens is 1. The SMILES string of the molecule is CC(C)(C)c1cc(-c2nccc3oc4cc(/C=C\S)ccc4c23)[c-]c2ccccc12.CCC(C)(CC)C(=O)/C=C(\O)C(C)(CC)CC.[Ir]. The van der Waals surface area contributed by atoms with E-state index in [9.17, 15) is 9.90 Å². The maximum Gasteiger partial charge on any atom is 0.164 e. The van der Waals surface area contributed by atoms with E-state index in [1.807, 2.05) is 65.9 Å². The molecule has 1 N–H and O–H groups in total. The fourth-order valence-corrected chi connectivity index (χ4v) is 5.97. The minimum absolute atomic E-state index is 0. The molecule has 5 rings (SSSR count). The van der Waals surface area contributed by atoms with Crippen molar-refractivity contribution < 1.29 is 34.4 Å². The van der Waals surface area contributed by atoms with Gasteiger partial charge >= 0.3 is 0 Å². The zero-order valence-electron chi connectivity index (χ0n) is 29.8. The molecule has 6 heteroatoms. The van der Waals surface area contributed by atoms with E-state index in [1.165, 1.54) is 17.0 Å². The molecule has 0 bridgehead atoms. The van der Waals surface area contributed by atoms with Crippen LogP contribution < -0.4 is 0 Å². The molecule has 0 atom stereocenters. The molecule has 2 aromatic heterocycles. The van der Waals surface area contributed by atoms with Gasteiger partial charge in [-0.05, 0) is 60.3 Å². The standard InChI is InChI=1S/C27H22NOS.C15H28O2.Ir/c1-27(2,3)22-16-19(15-18-6-4-5-7-20(18)22)26-25-21-9-8-17(11-13-30)14-24(21)29-23(25)10-12-28-26;1-7-14(5,8-2)12(16)11-13(17)15(6,9-3)10-4;/h4-14,16,30H,1-3H3;11,16H,7-10H2,1-6H3;/q-1;;/b13-11-;12-11-;. The van der Waals surface area contributed by atoms with E-state index in [1.54, 1.807) is 5.41 Å². The molecule has 48 heavy (non-hydrogen) atoms. The second-order valence-electron chi connectivity index (χ2n) is 14.0. The van der Waals surface area contributed by atoms with Crippen LogP contribution in [0, 0.1) is 16.9 Å². The molecule has 5 aromatic rings. The number of pyridine rings is 1. The van der Waals surface area contributed by atoms with Gasteiger partial charge in [-0.25, -0.2) is 0 Å². The fraction of sp³-hybridized carbons (Fsp3) is 0.381. The van der Waals surface area contributed by atoms with E-state index >= 15 is 0 Å². The molecule has 3 aromatic carbocycles. The number of furan rings is 1. The molecule has 0 aliphatic rings. The van der Waals surface area contributed by atoms with Gasteiger partial charge in [0.05, 0.1) is 0 Å². The second-order valence-corrected chi connectivity index (χ2v) is 14.3. The fourth-order valence-electron chi connectivity index (χ4n) is 5.79. The van der Waals surface area contributed by atoms with Crippen LogP contribution in [-0.2, 0) is 30.3 Å². The summed E-state index contributed by atoms with van der Waals surface area (Å²) in [6.45, 7) is 18.8. The van der Waals surface area contributed by atoms with Crippen molar-refractivity contribution in [2.24, 2.45) is 10.8 Å². The Morgan fingerprint density at radius 1 is 0.875 bits per heavy atom. The molecular formula is C42H50IrNO3S-. The van der Waals surface area contributed by atoms with Gasteiger partial charge in [-0.2, -0.15) is 12.6 Å². The summed E-state index contributed by atoms with van der Waals surface area (Å²) >= 11 is 4.18. The Hall–Kier alpha value is -3.18. The van der Waals surface area contributed by atoms with Crippen molar-refractivity contribution in [2.75, 3.05) is 0 Å². The van der Waals surface area contributed by atoms with Crippen LogP contribution in [0.4, 0.5) is 0 Å². The van der Waals surface area contributed by atoms with Gasteiger partial charge in [-0.1, -0.05) is 104 Å². The Bertz CT molecular complexity index is 1940. The monoisotopic (exact) mass is 841 g/mol. The van der Waals surface area contributed by atoms with Gasteiger partial charge in [0.2, 0.25) is 0 Å². The zero-order valence-corrected chi connectivity index (χ0v) is 33.1. The number of benzene rings is 3. The minimum Gasteiger partial charge on any atom is -0.512 e. The largest absolute Gasteiger partial charge is 0.512 e. The van der Waals surface area contributed by atoms with Crippen molar-refractivity contribution in [1.82, 2.24) is 4.98 Å². The summed E-state index contributed by atoms with van der Waals surface area (Å²) in [7, 11) is 0. The maximum atomic E-state index is 12.2. The number of aliphatic hydroxyl groups excluding tert-OH is 1. The average molecular weight is 841 g/mol. The van der Waals surface area contributed by atoms with Crippen molar-refractivity contribution in [3.8, 4) is 11.3 Å². The number of fused-ring (bicyclic) bond motifs is 4. The first-order valence-electron chi connectivity index (χ1n) is 16.8. The van der Waals surface area contributed by atoms with E-state index in [-0.39, 0.29) is 47.9 Å². The molecule has 0 unspecified atom stereocenters. The Morgan fingerprint density at radius 3 is 2.12 bits per heavy atom. The van der Waals surface area contributed by atoms with E-state index in [0.29, 0.717) is 0 Å². The Kier molecular flexibility index (Phi) is 13.1. The number of carbonyl (C=O) groups is 1. The third kappa shape index (κ3) is 8.16. The van der Waals surface area contributed by atoms with E-state index in [4.69, 9.17) is 9.40 Å². The smallest absolute Gasteiger partial charge is 0.164 e. The number of nitrogens with zero attached hydrogens (tertiary/aromatic N) is 1. The summed E-state index contributed by atoms with van der Waals surface area (Å²) in [6, 6.07) is 22.4. The van der Waals surface area contributed by atoms with Gasteiger partial charge in [0.1, 0.15) is 16.9 Å². The van der Waals surface area contributed by atoms with Crippen molar-refractivity contribution >= 4 is 57.2 Å². The molecule has 4 nitrogen and oxygen atoms in total. The van der Waals surface area contributed by atoms with Gasteiger partial charge in [-0.15, -0.1) is 29.1 Å². The van der Waals surface area contributed by atoms with Crippen LogP contribution in [-0.4, -0.2) is 15.9 Å². The van der Waals surface area contributed by atoms with Gasteiger partial charge in [-0.3, -0.25) is 9.78 Å². The van der Waals surface area contributed by atoms with Gasteiger partial charge in [0.25, 0.3) is 0 Å². The predicted octanol–water partition coefficient (Wildman–Crippen LogP) is 12.4. The Morgan fingerprint density at radius 2 is 1.52 bits per heavy atom. The molecule has 0 aliphatic carbocycles. The number of hydrogen-bond acceptors (Lipinski definition) is 5. The van der Waals surface area contributed by atoms with Crippen molar-refractivity contribution in [1.29, 1.82) is 0 Å². The Balaban J connectivity index is 0.000000301. The first-order valence-corrected chi connectivity index (χ1v) is 17.3. The van der Waals surface area contributed by atoms with Crippen LogP contribution in [0.3, 0.4) is 0 Å². The van der Waals surface area contributed by atoms with E-state index in [2.05, 4.69) is 81.9 Å². The molecular weight excluding hydrogens is 791 g/mol. The molecule has 0 saturated carbocycles. The number of aliphatic hydroxyl groups is 1. The van der Waals surface area contributed by atoms with Crippen molar-refractivity contribution in [3.63, 3.8) is 0 Å². The third-order valence-electron chi connectivity index (χ3n) is 10.1. The Labute approximate surface area is 305 Å². The molecule has 257 valence electrons. The molecule has 0 amide bonds.